The van der Waals surface area contributed by atoms with Crippen molar-refractivity contribution in [1.82, 2.24) is 15.1 Å². The van der Waals surface area contributed by atoms with Crippen LogP contribution in [0.25, 0.3) is 16.3 Å². The number of amides is 2. The van der Waals surface area contributed by atoms with E-state index in [1.165, 1.54) is 11.3 Å². The first kappa shape index (κ1) is 21.3. The second-order valence-electron chi connectivity index (χ2n) is 6.87. The van der Waals surface area contributed by atoms with Gasteiger partial charge in [0.2, 0.25) is 0 Å². The van der Waals surface area contributed by atoms with E-state index in [4.69, 9.17) is 4.74 Å². The normalized spacial score (nSPS) is 10.5. The Morgan fingerprint density at radius 3 is 2.50 bits per heavy atom. The lowest BCUT2D eigenvalue weighted by Crippen LogP contribution is -2.28. The van der Waals surface area contributed by atoms with Gasteiger partial charge in [-0.25, -0.2) is 4.68 Å². The number of benzene rings is 2. The molecule has 0 fully saturated rings. The van der Waals surface area contributed by atoms with Crippen molar-refractivity contribution < 1.29 is 14.3 Å². The van der Waals surface area contributed by atoms with Gasteiger partial charge in [0.1, 0.15) is 11.4 Å². The van der Waals surface area contributed by atoms with E-state index in [9.17, 15) is 9.59 Å². The Morgan fingerprint density at radius 2 is 1.81 bits per heavy atom. The average Bonchev–Trinajstić information content (AvgIpc) is 3.49. The van der Waals surface area contributed by atoms with Crippen molar-refractivity contribution in [2.75, 3.05) is 18.5 Å². The van der Waals surface area contributed by atoms with Crippen molar-refractivity contribution in [3.05, 3.63) is 83.9 Å². The Hall–Kier alpha value is -3.91. The Morgan fingerprint density at radius 1 is 1.03 bits per heavy atom. The number of aromatic nitrogens is 2. The van der Waals surface area contributed by atoms with Gasteiger partial charge in [-0.05, 0) is 54.8 Å². The summed E-state index contributed by atoms with van der Waals surface area (Å²) in [6.45, 7) is 2.35. The van der Waals surface area contributed by atoms with E-state index in [2.05, 4.69) is 15.7 Å². The number of hydrogen-bond donors (Lipinski definition) is 2. The molecule has 0 saturated carbocycles. The van der Waals surface area contributed by atoms with Gasteiger partial charge < -0.3 is 15.4 Å². The smallest absolute Gasteiger partial charge is 0.259 e. The van der Waals surface area contributed by atoms with Gasteiger partial charge in [0.15, 0.2) is 6.61 Å². The van der Waals surface area contributed by atoms with Crippen molar-refractivity contribution in [1.29, 1.82) is 0 Å². The summed E-state index contributed by atoms with van der Waals surface area (Å²) in [5.41, 5.74) is 2.60. The van der Waals surface area contributed by atoms with Crippen LogP contribution in [0.15, 0.2) is 78.3 Å². The highest BCUT2D eigenvalue weighted by Gasteiger charge is 2.19. The Labute approximate surface area is 189 Å². The fraction of sp³-hybridized carbons (Fsp3) is 0.125. The standard InChI is InChI=1S/C24H22N4O3S/c1-2-25-22(29)16-31-19-12-10-17(11-13-19)26-24(30)20-15-28(18-7-4-3-5-8-18)27-23(20)21-9-6-14-32-21/h3-15H,2,16H2,1H3,(H,25,29)(H,26,30). The zero-order valence-electron chi connectivity index (χ0n) is 17.4. The minimum Gasteiger partial charge on any atom is -0.484 e. The zero-order valence-corrected chi connectivity index (χ0v) is 18.3. The number of carbonyl (C=O) groups is 2. The monoisotopic (exact) mass is 446 g/mol. The number of nitrogens with zero attached hydrogens (tertiary/aromatic N) is 2. The van der Waals surface area contributed by atoms with Crippen molar-refractivity contribution >= 4 is 28.8 Å². The first-order valence-corrected chi connectivity index (χ1v) is 11.0. The number of ether oxygens (including phenoxy) is 1. The molecule has 32 heavy (non-hydrogen) atoms. The Kier molecular flexibility index (Phi) is 6.62. The molecule has 2 aromatic heterocycles. The van der Waals surface area contributed by atoms with Crippen molar-refractivity contribution in [2.24, 2.45) is 0 Å². The summed E-state index contributed by atoms with van der Waals surface area (Å²) >= 11 is 1.53. The molecular weight excluding hydrogens is 424 g/mol. The number of thiophene rings is 1. The van der Waals surface area contributed by atoms with Crippen molar-refractivity contribution in [2.45, 2.75) is 6.92 Å². The molecule has 0 aliphatic carbocycles. The number of nitrogens with one attached hydrogen (secondary N) is 2. The molecule has 0 atom stereocenters. The lowest BCUT2D eigenvalue weighted by atomic mass is 10.2. The number of hydrogen-bond acceptors (Lipinski definition) is 5. The molecule has 162 valence electrons. The predicted molar refractivity (Wildman–Crippen MR) is 125 cm³/mol. The summed E-state index contributed by atoms with van der Waals surface area (Å²) in [5.74, 6) is 0.110. The third kappa shape index (κ3) is 5.04. The zero-order chi connectivity index (χ0) is 22.3. The molecule has 4 rings (SSSR count). The molecule has 0 radical (unpaired) electrons. The second kappa shape index (κ2) is 9.93. The molecule has 2 aromatic carbocycles. The van der Waals surface area contributed by atoms with Gasteiger partial charge in [-0.15, -0.1) is 11.3 Å². The summed E-state index contributed by atoms with van der Waals surface area (Å²) < 4.78 is 7.16. The second-order valence-corrected chi connectivity index (χ2v) is 7.82. The van der Waals surface area contributed by atoms with Gasteiger partial charge in [0, 0.05) is 18.4 Å². The highest BCUT2D eigenvalue weighted by molar-refractivity contribution is 7.13. The van der Waals surface area contributed by atoms with Crippen LogP contribution in [0.3, 0.4) is 0 Å². The fourth-order valence-electron chi connectivity index (χ4n) is 3.08. The van der Waals surface area contributed by atoms with Crippen LogP contribution in [0.1, 0.15) is 17.3 Å². The van der Waals surface area contributed by atoms with Crippen LogP contribution in [-0.4, -0.2) is 34.7 Å². The molecule has 7 nitrogen and oxygen atoms in total. The highest BCUT2D eigenvalue weighted by atomic mass is 32.1. The van der Waals surface area contributed by atoms with Gasteiger partial charge in [-0.1, -0.05) is 24.3 Å². The Bertz CT molecular complexity index is 1190. The van der Waals surface area contributed by atoms with E-state index in [-0.39, 0.29) is 18.4 Å². The maximum Gasteiger partial charge on any atom is 0.259 e. The molecule has 0 aliphatic rings. The van der Waals surface area contributed by atoms with Crippen molar-refractivity contribution in [3.8, 4) is 22.0 Å². The lowest BCUT2D eigenvalue weighted by molar-refractivity contribution is -0.122. The maximum atomic E-state index is 13.1. The fourth-order valence-corrected chi connectivity index (χ4v) is 3.80. The first-order valence-electron chi connectivity index (χ1n) is 10.1. The SMILES string of the molecule is CCNC(=O)COc1ccc(NC(=O)c2cn(-c3ccccc3)nc2-c2cccs2)cc1. The molecular formula is C24H22N4O3S. The first-order chi connectivity index (χ1) is 15.6. The number of likely N-dealkylation sites (N-methyl/N-ethyl adjacent to an activating group) is 1. The minimum atomic E-state index is -0.258. The number of anilines is 1. The summed E-state index contributed by atoms with van der Waals surface area (Å²) in [7, 11) is 0. The molecule has 0 saturated heterocycles. The topological polar surface area (TPSA) is 85.3 Å². The van der Waals surface area contributed by atoms with Crippen LogP contribution in [-0.2, 0) is 4.79 Å². The predicted octanol–water partition coefficient (Wildman–Crippen LogP) is 4.37. The maximum absolute atomic E-state index is 13.1. The van der Waals surface area contributed by atoms with E-state index < -0.39 is 0 Å². The summed E-state index contributed by atoms with van der Waals surface area (Å²) in [5, 5.41) is 12.2. The molecule has 4 aromatic rings. The summed E-state index contributed by atoms with van der Waals surface area (Å²) in [6, 6.07) is 20.4. The van der Waals surface area contributed by atoms with E-state index in [1.807, 2.05) is 54.8 Å². The van der Waals surface area contributed by atoms with Gasteiger partial charge in [-0.3, -0.25) is 9.59 Å². The van der Waals surface area contributed by atoms with Gasteiger partial charge >= 0.3 is 0 Å². The van der Waals surface area contributed by atoms with E-state index in [0.717, 1.165) is 10.6 Å². The molecule has 0 spiro atoms. The average molecular weight is 447 g/mol. The third-order valence-electron chi connectivity index (χ3n) is 4.59. The molecule has 0 aliphatic heterocycles. The molecule has 0 unspecified atom stereocenters. The molecule has 0 bridgehead atoms. The molecule has 8 heteroatoms. The number of para-hydroxylation sites is 1. The highest BCUT2D eigenvalue weighted by Crippen LogP contribution is 2.28. The lowest BCUT2D eigenvalue weighted by Gasteiger charge is -2.08. The van der Waals surface area contributed by atoms with E-state index in [1.54, 1.807) is 35.1 Å². The van der Waals surface area contributed by atoms with Crippen LogP contribution in [0.5, 0.6) is 5.75 Å². The Balaban J connectivity index is 1.52. The van der Waals surface area contributed by atoms with Crippen molar-refractivity contribution in [3.63, 3.8) is 0 Å². The van der Waals surface area contributed by atoms with E-state index in [0.29, 0.717) is 29.2 Å². The van der Waals surface area contributed by atoms with Crippen LogP contribution < -0.4 is 15.4 Å². The van der Waals surface area contributed by atoms with Crippen LogP contribution in [0.4, 0.5) is 5.69 Å². The van der Waals surface area contributed by atoms with Gasteiger partial charge in [0.25, 0.3) is 11.8 Å². The number of rotatable bonds is 8. The van der Waals surface area contributed by atoms with Crippen LogP contribution >= 0.6 is 11.3 Å². The minimum absolute atomic E-state index is 0.0532. The molecule has 2 N–H and O–H groups in total. The number of carbonyl (C=O) groups excluding carboxylic acids is 2. The van der Waals surface area contributed by atoms with Gasteiger partial charge in [0.05, 0.1) is 16.1 Å². The third-order valence-corrected chi connectivity index (χ3v) is 5.47. The van der Waals surface area contributed by atoms with E-state index >= 15 is 0 Å². The largest absolute Gasteiger partial charge is 0.484 e. The summed E-state index contributed by atoms with van der Waals surface area (Å²) in [4.78, 5) is 25.5. The van der Waals surface area contributed by atoms with Gasteiger partial charge in [-0.2, -0.15) is 5.10 Å². The molecule has 2 heterocycles. The van der Waals surface area contributed by atoms with Crippen LogP contribution in [0.2, 0.25) is 0 Å². The summed E-state index contributed by atoms with van der Waals surface area (Å²) in [6.07, 6.45) is 1.74. The quantitative estimate of drug-likeness (QED) is 0.421. The molecule has 2 amide bonds. The van der Waals surface area contributed by atoms with Crippen LogP contribution in [0, 0.1) is 0 Å².